The summed E-state index contributed by atoms with van der Waals surface area (Å²) in [7, 11) is 1.35. The molecule has 1 N–H and O–H groups in total. The van der Waals surface area contributed by atoms with Gasteiger partial charge in [0.25, 0.3) is 11.8 Å². The van der Waals surface area contributed by atoms with Crippen molar-refractivity contribution in [2.45, 2.75) is 52.6 Å². The molecule has 3 aromatic rings. The maximum atomic E-state index is 13.0. The number of anilines is 1. The zero-order chi connectivity index (χ0) is 26.9. The van der Waals surface area contributed by atoms with Crippen molar-refractivity contribution in [1.82, 2.24) is 4.90 Å². The molecule has 0 radical (unpaired) electrons. The van der Waals surface area contributed by atoms with Crippen molar-refractivity contribution in [2.75, 3.05) is 12.4 Å². The van der Waals surface area contributed by atoms with Gasteiger partial charge < -0.3 is 15.0 Å². The van der Waals surface area contributed by atoms with E-state index in [0.29, 0.717) is 23.4 Å². The van der Waals surface area contributed by atoms with E-state index in [1.54, 1.807) is 4.90 Å². The molecule has 4 rings (SSSR count). The van der Waals surface area contributed by atoms with Gasteiger partial charge in [0.1, 0.15) is 6.04 Å². The summed E-state index contributed by atoms with van der Waals surface area (Å²) in [5.41, 5.74) is 5.94. The Balaban J connectivity index is 1.48. The number of carbonyl (C=O) groups excluding carboxylic acids is 3. The van der Waals surface area contributed by atoms with Crippen LogP contribution in [-0.4, -0.2) is 35.8 Å². The average Bonchev–Trinajstić information content (AvgIpc) is 3.18. The summed E-state index contributed by atoms with van der Waals surface area (Å²) in [5.74, 6) is -0.780. The molecule has 1 atom stereocenters. The fraction of sp³-hybridized carbons (Fsp3) is 0.323. The van der Waals surface area contributed by atoms with E-state index < -0.39 is 12.0 Å². The molecule has 0 fully saturated rings. The minimum Gasteiger partial charge on any atom is -0.467 e. The lowest BCUT2D eigenvalue weighted by Gasteiger charge is -2.28. The Kier molecular flexibility index (Phi) is 7.21. The van der Waals surface area contributed by atoms with Gasteiger partial charge in [0.15, 0.2) is 0 Å². The Morgan fingerprint density at radius 2 is 1.54 bits per heavy atom. The molecule has 0 spiro atoms. The van der Waals surface area contributed by atoms with Gasteiger partial charge in [0.2, 0.25) is 0 Å². The van der Waals surface area contributed by atoms with Gasteiger partial charge in [-0.2, -0.15) is 0 Å². The summed E-state index contributed by atoms with van der Waals surface area (Å²) >= 11 is 0. The van der Waals surface area contributed by atoms with Crippen LogP contribution in [0.15, 0.2) is 66.7 Å². The number of esters is 1. The van der Waals surface area contributed by atoms with Crippen LogP contribution < -0.4 is 5.32 Å². The van der Waals surface area contributed by atoms with E-state index in [4.69, 9.17) is 4.74 Å². The maximum absolute atomic E-state index is 13.0. The fourth-order valence-electron chi connectivity index (χ4n) is 4.70. The predicted octanol–water partition coefficient (Wildman–Crippen LogP) is 6.06. The molecule has 2 amide bonds. The van der Waals surface area contributed by atoms with Gasteiger partial charge in [-0.3, -0.25) is 9.59 Å². The van der Waals surface area contributed by atoms with Crippen LogP contribution in [0.4, 0.5) is 5.69 Å². The third-order valence-electron chi connectivity index (χ3n) is 6.84. The lowest BCUT2D eigenvalue weighted by Crippen LogP contribution is -2.45. The Morgan fingerprint density at radius 3 is 2.11 bits per heavy atom. The van der Waals surface area contributed by atoms with Crippen molar-refractivity contribution in [2.24, 2.45) is 5.92 Å². The highest BCUT2D eigenvalue weighted by atomic mass is 16.5. The van der Waals surface area contributed by atoms with Crippen LogP contribution in [0.5, 0.6) is 0 Å². The summed E-state index contributed by atoms with van der Waals surface area (Å²) in [5, 5.41) is 2.95. The third-order valence-corrected chi connectivity index (χ3v) is 6.84. The Labute approximate surface area is 218 Å². The molecule has 1 aliphatic heterocycles. The minimum atomic E-state index is -0.624. The van der Waals surface area contributed by atoms with Gasteiger partial charge in [-0.05, 0) is 70.0 Å². The number of nitrogens with one attached hydrogen (secondary N) is 1. The zero-order valence-electron chi connectivity index (χ0n) is 22.3. The molecule has 0 saturated heterocycles. The predicted molar refractivity (Wildman–Crippen MR) is 145 cm³/mol. The number of hydrogen-bond acceptors (Lipinski definition) is 4. The van der Waals surface area contributed by atoms with E-state index in [-0.39, 0.29) is 23.1 Å². The molecule has 3 aromatic carbocycles. The summed E-state index contributed by atoms with van der Waals surface area (Å²) < 4.78 is 4.95. The van der Waals surface area contributed by atoms with Gasteiger partial charge >= 0.3 is 5.97 Å². The first kappa shape index (κ1) is 26.1. The molecule has 0 saturated carbocycles. The van der Waals surface area contributed by atoms with Crippen molar-refractivity contribution in [1.29, 1.82) is 0 Å². The van der Waals surface area contributed by atoms with E-state index >= 15 is 0 Å². The first-order valence-corrected chi connectivity index (χ1v) is 12.5. The van der Waals surface area contributed by atoms with Gasteiger partial charge in [-0.15, -0.1) is 0 Å². The topological polar surface area (TPSA) is 75.7 Å². The Morgan fingerprint density at radius 1 is 0.919 bits per heavy atom. The molecule has 6 nitrogen and oxygen atoms in total. The second-order valence-corrected chi connectivity index (χ2v) is 10.9. The largest absolute Gasteiger partial charge is 0.467 e. The molecule has 6 heteroatoms. The molecule has 0 aromatic heterocycles. The van der Waals surface area contributed by atoms with Gasteiger partial charge in [-0.25, -0.2) is 4.79 Å². The lowest BCUT2D eigenvalue weighted by molar-refractivity contribution is -0.147. The first-order valence-electron chi connectivity index (χ1n) is 12.5. The van der Waals surface area contributed by atoms with E-state index in [2.05, 4.69) is 26.1 Å². The van der Waals surface area contributed by atoms with Crippen LogP contribution in [0.25, 0.3) is 11.1 Å². The van der Waals surface area contributed by atoms with Crippen LogP contribution in [0, 0.1) is 5.92 Å². The fourth-order valence-corrected chi connectivity index (χ4v) is 4.70. The number of carbonyl (C=O) groups is 3. The number of methoxy groups -OCH3 is 1. The molecular formula is C31H34N2O4. The Hall–Kier alpha value is -3.93. The smallest absolute Gasteiger partial charge is 0.328 e. The number of fused-ring (bicyclic) bond motifs is 1. The normalized spacial score (nSPS) is 13.9. The number of hydrogen-bond donors (Lipinski definition) is 1. The van der Waals surface area contributed by atoms with E-state index in [0.717, 1.165) is 16.7 Å². The van der Waals surface area contributed by atoms with Crippen LogP contribution >= 0.6 is 0 Å². The minimum absolute atomic E-state index is 0.0332. The highest BCUT2D eigenvalue weighted by molar-refractivity contribution is 6.04. The van der Waals surface area contributed by atoms with Crippen molar-refractivity contribution < 1.29 is 19.1 Å². The van der Waals surface area contributed by atoms with E-state index in [1.807, 2.05) is 80.6 Å². The maximum Gasteiger partial charge on any atom is 0.328 e. The van der Waals surface area contributed by atoms with Gasteiger partial charge in [0.05, 0.1) is 7.11 Å². The summed E-state index contributed by atoms with van der Waals surface area (Å²) in [4.78, 5) is 39.7. The van der Waals surface area contributed by atoms with Gasteiger partial charge in [-0.1, -0.05) is 65.0 Å². The van der Waals surface area contributed by atoms with Crippen molar-refractivity contribution in [3.63, 3.8) is 0 Å². The quantitative estimate of drug-likeness (QED) is 0.420. The first-order chi connectivity index (χ1) is 17.5. The van der Waals surface area contributed by atoms with Crippen LogP contribution in [0.3, 0.4) is 0 Å². The SMILES string of the molecule is COC(=O)[C@H](C(C)C)N1Cc2cc(-c3ccc(NC(=O)c4ccc(C(C)(C)C)cc4)cc3)ccc2C1=O. The third kappa shape index (κ3) is 5.43. The molecule has 0 aliphatic carbocycles. The summed E-state index contributed by atoms with van der Waals surface area (Å²) in [6.45, 7) is 10.6. The van der Waals surface area contributed by atoms with Crippen molar-refractivity contribution in [3.8, 4) is 11.1 Å². The highest BCUT2D eigenvalue weighted by Gasteiger charge is 2.38. The standard InChI is InChI=1S/C31H34N2O4/c1-19(2)27(30(36)37-6)33-18-23-17-22(11-16-26(23)29(33)35)20-9-14-25(15-10-20)32-28(34)21-7-12-24(13-8-21)31(3,4)5/h7-17,19,27H,18H2,1-6H3,(H,32,34)/t27-/m0/s1. The summed E-state index contributed by atoms with van der Waals surface area (Å²) in [6, 6.07) is 20.4. The van der Waals surface area contributed by atoms with Gasteiger partial charge in [0, 0.05) is 23.4 Å². The number of ether oxygens (including phenoxy) is 1. The van der Waals surface area contributed by atoms with Crippen LogP contribution in [-0.2, 0) is 21.5 Å². The zero-order valence-corrected chi connectivity index (χ0v) is 22.3. The van der Waals surface area contributed by atoms with Crippen molar-refractivity contribution >= 4 is 23.5 Å². The lowest BCUT2D eigenvalue weighted by atomic mass is 9.87. The van der Waals surface area contributed by atoms with Crippen LogP contribution in [0.2, 0.25) is 0 Å². The molecule has 1 heterocycles. The number of amides is 2. The molecule has 37 heavy (non-hydrogen) atoms. The molecular weight excluding hydrogens is 464 g/mol. The number of benzene rings is 3. The Bertz CT molecular complexity index is 1320. The average molecular weight is 499 g/mol. The van der Waals surface area contributed by atoms with E-state index in [1.165, 1.54) is 12.7 Å². The second kappa shape index (κ2) is 10.2. The van der Waals surface area contributed by atoms with Crippen molar-refractivity contribution in [3.05, 3.63) is 89.0 Å². The molecule has 1 aliphatic rings. The molecule has 0 unspecified atom stereocenters. The van der Waals surface area contributed by atoms with E-state index in [9.17, 15) is 14.4 Å². The molecule has 0 bridgehead atoms. The molecule has 192 valence electrons. The highest BCUT2D eigenvalue weighted by Crippen LogP contribution is 2.32. The number of rotatable bonds is 6. The number of nitrogens with zero attached hydrogens (tertiary/aromatic N) is 1. The monoisotopic (exact) mass is 498 g/mol. The van der Waals surface area contributed by atoms with Crippen LogP contribution in [0.1, 0.15) is 66.5 Å². The summed E-state index contributed by atoms with van der Waals surface area (Å²) in [6.07, 6.45) is 0. The second-order valence-electron chi connectivity index (χ2n) is 10.9.